The van der Waals surface area contributed by atoms with Gasteiger partial charge in [-0.1, -0.05) is 30.3 Å². The van der Waals surface area contributed by atoms with Gasteiger partial charge in [0.25, 0.3) is 5.91 Å². The standard InChI is InChI=1S/C25H19F3N2O3S/c1-32-22-11-10-16(12-17(22)15-33-20-9-5-6-18(14-20)25(26,27)28)13-21-23(31)30(24(34)29-21)19-7-3-2-4-8-19/h2-14H,15H2,1H3,(H,29,34)/b21-13+. The van der Waals surface area contributed by atoms with Crippen LogP contribution >= 0.6 is 12.2 Å². The van der Waals surface area contributed by atoms with E-state index in [2.05, 4.69) is 5.32 Å². The summed E-state index contributed by atoms with van der Waals surface area (Å²) in [7, 11) is 1.49. The summed E-state index contributed by atoms with van der Waals surface area (Å²) in [5.74, 6) is 0.284. The van der Waals surface area contributed by atoms with Gasteiger partial charge in [0.2, 0.25) is 0 Å². The Labute approximate surface area is 199 Å². The summed E-state index contributed by atoms with van der Waals surface area (Å²) in [4.78, 5) is 14.3. The maximum Gasteiger partial charge on any atom is 0.416 e. The third kappa shape index (κ3) is 5.04. The lowest BCUT2D eigenvalue weighted by Gasteiger charge is -2.13. The second-order valence-corrected chi connectivity index (χ2v) is 7.74. The molecule has 0 radical (unpaired) electrons. The van der Waals surface area contributed by atoms with Crippen molar-refractivity contribution < 1.29 is 27.4 Å². The first kappa shape index (κ1) is 23.3. The number of ether oxygens (including phenoxy) is 2. The number of alkyl halides is 3. The molecule has 174 valence electrons. The number of carbonyl (C=O) groups is 1. The van der Waals surface area contributed by atoms with Gasteiger partial charge in [0, 0.05) is 5.56 Å². The lowest BCUT2D eigenvalue weighted by atomic mass is 10.1. The minimum atomic E-state index is -4.46. The summed E-state index contributed by atoms with van der Waals surface area (Å²) in [6, 6.07) is 18.9. The summed E-state index contributed by atoms with van der Waals surface area (Å²) in [6.07, 6.45) is -2.82. The van der Waals surface area contributed by atoms with Crippen LogP contribution in [0.1, 0.15) is 16.7 Å². The summed E-state index contributed by atoms with van der Waals surface area (Å²) in [6.45, 7) is -0.0303. The van der Waals surface area contributed by atoms with Crippen LogP contribution in [0, 0.1) is 0 Å². The van der Waals surface area contributed by atoms with E-state index in [1.54, 1.807) is 36.4 Å². The number of rotatable bonds is 6. The van der Waals surface area contributed by atoms with Gasteiger partial charge < -0.3 is 14.8 Å². The van der Waals surface area contributed by atoms with Crippen LogP contribution in [0.2, 0.25) is 0 Å². The van der Waals surface area contributed by atoms with Crippen molar-refractivity contribution in [3.8, 4) is 11.5 Å². The van der Waals surface area contributed by atoms with Crippen molar-refractivity contribution >= 4 is 35.0 Å². The normalized spacial score (nSPS) is 14.9. The molecule has 3 aromatic carbocycles. The highest BCUT2D eigenvalue weighted by molar-refractivity contribution is 7.80. The van der Waals surface area contributed by atoms with Gasteiger partial charge in [-0.2, -0.15) is 13.2 Å². The number of benzene rings is 3. The molecule has 1 amide bonds. The zero-order valence-electron chi connectivity index (χ0n) is 17.9. The monoisotopic (exact) mass is 484 g/mol. The van der Waals surface area contributed by atoms with Crippen LogP contribution in [-0.4, -0.2) is 18.1 Å². The van der Waals surface area contributed by atoms with Crippen molar-refractivity contribution in [3.63, 3.8) is 0 Å². The van der Waals surface area contributed by atoms with Gasteiger partial charge in [0.1, 0.15) is 23.8 Å². The summed E-state index contributed by atoms with van der Waals surface area (Å²) in [5, 5.41) is 3.19. The van der Waals surface area contributed by atoms with E-state index in [0.29, 0.717) is 28.3 Å². The Bertz CT molecular complexity index is 1260. The number of para-hydroxylation sites is 1. The highest BCUT2D eigenvalue weighted by Gasteiger charge is 2.32. The SMILES string of the molecule is COc1ccc(/C=C2/NC(=S)N(c3ccccc3)C2=O)cc1COc1cccc(C(F)(F)F)c1. The first-order chi connectivity index (χ1) is 16.3. The Kier molecular flexibility index (Phi) is 6.56. The van der Waals surface area contributed by atoms with E-state index in [1.807, 2.05) is 18.2 Å². The van der Waals surface area contributed by atoms with Crippen LogP contribution in [0.5, 0.6) is 11.5 Å². The van der Waals surface area contributed by atoms with Crippen molar-refractivity contribution in [2.75, 3.05) is 12.0 Å². The Balaban J connectivity index is 1.55. The number of anilines is 1. The molecule has 34 heavy (non-hydrogen) atoms. The molecule has 1 fully saturated rings. The number of carbonyl (C=O) groups excluding carboxylic acids is 1. The van der Waals surface area contributed by atoms with Crippen molar-refractivity contribution in [3.05, 3.63) is 95.2 Å². The molecule has 9 heteroatoms. The van der Waals surface area contributed by atoms with Crippen LogP contribution in [0.3, 0.4) is 0 Å². The van der Waals surface area contributed by atoms with E-state index in [-0.39, 0.29) is 23.4 Å². The van der Waals surface area contributed by atoms with Gasteiger partial charge >= 0.3 is 6.18 Å². The van der Waals surface area contributed by atoms with Gasteiger partial charge in [-0.05, 0) is 66.3 Å². The minimum absolute atomic E-state index is 0.0303. The second-order valence-electron chi connectivity index (χ2n) is 7.35. The topological polar surface area (TPSA) is 50.8 Å². The van der Waals surface area contributed by atoms with Crippen LogP contribution in [0.4, 0.5) is 18.9 Å². The number of halogens is 3. The molecule has 0 bridgehead atoms. The van der Waals surface area contributed by atoms with Crippen molar-refractivity contribution in [1.82, 2.24) is 5.32 Å². The van der Waals surface area contributed by atoms with Gasteiger partial charge in [-0.15, -0.1) is 0 Å². The van der Waals surface area contributed by atoms with E-state index in [1.165, 1.54) is 24.1 Å². The average molecular weight is 484 g/mol. The van der Waals surface area contributed by atoms with Gasteiger partial charge in [0.15, 0.2) is 5.11 Å². The molecule has 0 spiro atoms. The molecule has 0 aliphatic carbocycles. The minimum Gasteiger partial charge on any atom is -0.496 e. The molecule has 3 aromatic rings. The molecule has 0 aromatic heterocycles. The fraction of sp³-hybridized carbons (Fsp3) is 0.120. The molecular weight excluding hydrogens is 465 g/mol. The van der Waals surface area contributed by atoms with Gasteiger partial charge in [-0.3, -0.25) is 9.69 Å². The van der Waals surface area contributed by atoms with E-state index in [4.69, 9.17) is 21.7 Å². The van der Waals surface area contributed by atoms with E-state index in [0.717, 1.165) is 12.1 Å². The van der Waals surface area contributed by atoms with E-state index < -0.39 is 11.7 Å². The van der Waals surface area contributed by atoms with Gasteiger partial charge in [0.05, 0.1) is 18.4 Å². The molecule has 4 rings (SSSR count). The maximum atomic E-state index is 13.0. The van der Waals surface area contributed by atoms with Crippen molar-refractivity contribution in [1.29, 1.82) is 0 Å². The van der Waals surface area contributed by atoms with Gasteiger partial charge in [-0.25, -0.2) is 0 Å². The Morgan fingerprint density at radius 3 is 2.50 bits per heavy atom. The van der Waals surface area contributed by atoms with Crippen LogP contribution in [-0.2, 0) is 17.6 Å². The first-order valence-electron chi connectivity index (χ1n) is 10.2. The molecule has 1 N–H and O–H groups in total. The smallest absolute Gasteiger partial charge is 0.416 e. The number of hydrogen-bond donors (Lipinski definition) is 1. The Morgan fingerprint density at radius 1 is 1.03 bits per heavy atom. The predicted octanol–water partition coefficient (Wildman–Crippen LogP) is 5.56. The maximum absolute atomic E-state index is 13.0. The summed E-state index contributed by atoms with van der Waals surface area (Å²) < 4.78 is 49.8. The number of thiocarbonyl (C=S) groups is 1. The highest BCUT2D eigenvalue weighted by Crippen LogP contribution is 2.32. The summed E-state index contributed by atoms with van der Waals surface area (Å²) >= 11 is 5.32. The Morgan fingerprint density at radius 2 is 1.79 bits per heavy atom. The van der Waals surface area contributed by atoms with E-state index >= 15 is 0 Å². The lowest BCUT2D eigenvalue weighted by Crippen LogP contribution is -2.30. The third-order valence-corrected chi connectivity index (χ3v) is 5.35. The molecule has 5 nitrogen and oxygen atoms in total. The molecule has 0 unspecified atom stereocenters. The quantitative estimate of drug-likeness (QED) is 0.367. The molecule has 1 aliphatic rings. The summed E-state index contributed by atoms with van der Waals surface area (Å²) in [5.41, 5.74) is 1.42. The Hall–Kier alpha value is -3.85. The predicted molar refractivity (Wildman–Crippen MR) is 126 cm³/mol. The number of methoxy groups -OCH3 is 1. The number of amides is 1. The molecule has 1 saturated heterocycles. The molecule has 0 saturated carbocycles. The van der Waals surface area contributed by atoms with Crippen molar-refractivity contribution in [2.24, 2.45) is 0 Å². The average Bonchev–Trinajstić information content (AvgIpc) is 3.10. The van der Waals surface area contributed by atoms with Crippen LogP contribution in [0.15, 0.2) is 78.5 Å². The highest BCUT2D eigenvalue weighted by atomic mass is 32.1. The third-order valence-electron chi connectivity index (χ3n) is 5.06. The van der Waals surface area contributed by atoms with Crippen LogP contribution in [0.25, 0.3) is 6.08 Å². The zero-order chi connectivity index (χ0) is 24.3. The lowest BCUT2D eigenvalue weighted by molar-refractivity contribution is -0.137. The van der Waals surface area contributed by atoms with Crippen molar-refractivity contribution in [2.45, 2.75) is 12.8 Å². The largest absolute Gasteiger partial charge is 0.496 e. The fourth-order valence-electron chi connectivity index (χ4n) is 3.44. The molecule has 0 atom stereocenters. The van der Waals surface area contributed by atoms with E-state index in [9.17, 15) is 18.0 Å². The fourth-order valence-corrected chi connectivity index (χ4v) is 3.74. The zero-order valence-corrected chi connectivity index (χ0v) is 18.7. The number of hydrogen-bond acceptors (Lipinski definition) is 4. The molecule has 1 heterocycles. The number of nitrogens with zero attached hydrogens (tertiary/aromatic N) is 1. The molecule has 1 aliphatic heterocycles. The number of nitrogens with one attached hydrogen (secondary N) is 1. The second kappa shape index (κ2) is 9.56. The first-order valence-corrected chi connectivity index (χ1v) is 10.6. The van der Waals surface area contributed by atoms with Crippen LogP contribution < -0.4 is 19.7 Å². The molecular formula is C25H19F3N2O3S.